The van der Waals surface area contributed by atoms with Crippen molar-refractivity contribution in [1.29, 1.82) is 0 Å². The van der Waals surface area contributed by atoms with E-state index in [0.717, 1.165) is 19.3 Å². The van der Waals surface area contributed by atoms with E-state index in [4.69, 9.17) is 0 Å². The van der Waals surface area contributed by atoms with E-state index in [1.54, 1.807) is 26.0 Å². The molecule has 1 atom stereocenters. The molecule has 3 heteroatoms. The van der Waals surface area contributed by atoms with Crippen LogP contribution >= 0.6 is 0 Å². The summed E-state index contributed by atoms with van der Waals surface area (Å²) in [7, 11) is 0. The molecule has 1 rings (SSSR count). The molecule has 0 bridgehead atoms. The molecule has 1 aromatic rings. The number of nitrogens with one attached hydrogen (secondary N) is 1. The number of carbonyl (C=O) groups excluding carboxylic acids is 1. The first-order valence-electron chi connectivity index (χ1n) is 6.47. The van der Waals surface area contributed by atoms with E-state index < -0.39 is 5.60 Å². The SMILES string of the molecule is CC(CCCC(C)(C)O)NC(=O)c1ccccc1. The number of benzene rings is 1. The van der Waals surface area contributed by atoms with Crippen LogP contribution in [-0.2, 0) is 0 Å². The summed E-state index contributed by atoms with van der Waals surface area (Å²) in [6.07, 6.45) is 2.53. The molecule has 0 aliphatic rings. The number of carbonyl (C=O) groups is 1. The minimum atomic E-state index is -0.622. The van der Waals surface area contributed by atoms with E-state index >= 15 is 0 Å². The summed E-state index contributed by atoms with van der Waals surface area (Å²) in [4.78, 5) is 11.9. The fraction of sp³-hybridized carbons (Fsp3) is 0.533. The topological polar surface area (TPSA) is 49.3 Å². The largest absolute Gasteiger partial charge is 0.390 e. The Morgan fingerprint density at radius 2 is 1.94 bits per heavy atom. The predicted molar refractivity (Wildman–Crippen MR) is 73.5 cm³/mol. The molecular formula is C15H23NO2. The Labute approximate surface area is 109 Å². The maximum Gasteiger partial charge on any atom is 0.251 e. The van der Waals surface area contributed by atoms with E-state index in [0.29, 0.717) is 5.56 Å². The Bertz CT molecular complexity index is 368. The van der Waals surface area contributed by atoms with Gasteiger partial charge in [-0.2, -0.15) is 0 Å². The molecule has 1 amide bonds. The molecule has 0 aromatic heterocycles. The van der Waals surface area contributed by atoms with Crippen LogP contribution in [0.1, 0.15) is 50.4 Å². The lowest BCUT2D eigenvalue weighted by atomic mass is 9.99. The second-order valence-electron chi connectivity index (χ2n) is 5.45. The molecule has 0 radical (unpaired) electrons. The number of rotatable bonds is 6. The minimum Gasteiger partial charge on any atom is -0.390 e. The second kappa shape index (κ2) is 6.55. The highest BCUT2D eigenvalue weighted by Gasteiger charge is 2.14. The van der Waals surface area contributed by atoms with E-state index in [-0.39, 0.29) is 11.9 Å². The molecule has 0 fully saturated rings. The third kappa shape index (κ3) is 5.82. The Morgan fingerprint density at radius 1 is 1.33 bits per heavy atom. The van der Waals surface area contributed by atoms with Gasteiger partial charge >= 0.3 is 0 Å². The van der Waals surface area contributed by atoms with Gasteiger partial charge < -0.3 is 10.4 Å². The molecule has 0 aliphatic heterocycles. The summed E-state index contributed by atoms with van der Waals surface area (Å²) in [5.41, 5.74) is 0.0650. The van der Waals surface area contributed by atoms with Gasteiger partial charge in [0.25, 0.3) is 5.91 Å². The van der Waals surface area contributed by atoms with Gasteiger partial charge in [-0.25, -0.2) is 0 Å². The maximum absolute atomic E-state index is 11.9. The van der Waals surface area contributed by atoms with E-state index in [9.17, 15) is 9.90 Å². The minimum absolute atomic E-state index is 0.0358. The van der Waals surface area contributed by atoms with Crippen molar-refractivity contribution in [2.45, 2.75) is 51.7 Å². The molecular weight excluding hydrogens is 226 g/mol. The second-order valence-corrected chi connectivity index (χ2v) is 5.45. The standard InChI is InChI=1S/C15H23NO2/c1-12(8-7-11-15(2,3)18)16-14(17)13-9-5-4-6-10-13/h4-6,9-10,12,18H,7-8,11H2,1-3H3,(H,16,17). The average Bonchev–Trinajstić information content (AvgIpc) is 2.28. The van der Waals surface area contributed by atoms with Gasteiger partial charge in [-0.1, -0.05) is 18.2 Å². The fourth-order valence-corrected chi connectivity index (χ4v) is 1.81. The van der Waals surface area contributed by atoms with Gasteiger partial charge in [0.2, 0.25) is 0 Å². The van der Waals surface area contributed by atoms with Gasteiger partial charge in [-0.05, 0) is 52.2 Å². The van der Waals surface area contributed by atoms with Gasteiger partial charge in [0.05, 0.1) is 5.60 Å². The predicted octanol–water partition coefficient (Wildman–Crippen LogP) is 2.75. The number of hydrogen-bond acceptors (Lipinski definition) is 2. The Morgan fingerprint density at radius 3 is 2.50 bits per heavy atom. The average molecular weight is 249 g/mol. The maximum atomic E-state index is 11.9. The number of hydrogen-bond donors (Lipinski definition) is 2. The molecule has 100 valence electrons. The van der Waals surface area contributed by atoms with Gasteiger partial charge in [0.15, 0.2) is 0 Å². The van der Waals surface area contributed by atoms with Crippen LogP contribution in [0, 0.1) is 0 Å². The lowest BCUT2D eigenvalue weighted by molar-refractivity contribution is 0.0674. The van der Waals surface area contributed by atoms with Crippen molar-refractivity contribution in [3.05, 3.63) is 35.9 Å². The van der Waals surface area contributed by atoms with Crippen molar-refractivity contribution < 1.29 is 9.90 Å². The summed E-state index contributed by atoms with van der Waals surface area (Å²) in [6.45, 7) is 5.60. The number of amides is 1. The zero-order valence-corrected chi connectivity index (χ0v) is 11.4. The quantitative estimate of drug-likeness (QED) is 0.814. The van der Waals surface area contributed by atoms with Crippen LogP contribution in [0.5, 0.6) is 0 Å². The lowest BCUT2D eigenvalue weighted by Crippen LogP contribution is -2.32. The van der Waals surface area contributed by atoms with E-state index in [1.807, 2.05) is 25.1 Å². The van der Waals surface area contributed by atoms with Crippen LogP contribution in [0.3, 0.4) is 0 Å². The molecule has 1 unspecified atom stereocenters. The van der Waals surface area contributed by atoms with E-state index in [2.05, 4.69) is 5.32 Å². The van der Waals surface area contributed by atoms with Crippen molar-refractivity contribution in [1.82, 2.24) is 5.32 Å². The van der Waals surface area contributed by atoms with Crippen LogP contribution in [0.2, 0.25) is 0 Å². The van der Waals surface area contributed by atoms with Gasteiger partial charge in [0, 0.05) is 11.6 Å². The molecule has 3 nitrogen and oxygen atoms in total. The molecule has 0 aliphatic carbocycles. The Balaban J connectivity index is 2.32. The van der Waals surface area contributed by atoms with Crippen molar-refractivity contribution >= 4 is 5.91 Å². The molecule has 1 aromatic carbocycles. The highest BCUT2D eigenvalue weighted by molar-refractivity contribution is 5.94. The van der Waals surface area contributed by atoms with Crippen LogP contribution in [-0.4, -0.2) is 22.7 Å². The zero-order valence-electron chi connectivity index (χ0n) is 11.4. The van der Waals surface area contributed by atoms with Crippen molar-refractivity contribution in [3.8, 4) is 0 Å². The Kier molecular flexibility index (Phi) is 5.35. The summed E-state index contributed by atoms with van der Waals surface area (Å²) in [5.74, 6) is -0.0358. The molecule has 0 saturated carbocycles. The van der Waals surface area contributed by atoms with Crippen LogP contribution < -0.4 is 5.32 Å². The first kappa shape index (κ1) is 14.7. The first-order chi connectivity index (χ1) is 8.38. The third-order valence-corrected chi connectivity index (χ3v) is 2.84. The summed E-state index contributed by atoms with van der Waals surface area (Å²) >= 11 is 0. The van der Waals surface area contributed by atoms with Gasteiger partial charge in [-0.3, -0.25) is 4.79 Å². The Hall–Kier alpha value is -1.35. The monoisotopic (exact) mass is 249 g/mol. The highest BCUT2D eigenvalue weighted by atomic mass is 16.3. The van der Waals surface area contributed by atoms with Gasteiger partial charge in [-0.15, -0.1) is 0 Å². The molecule has 0 spiro atoms. The van der Waals surface area contributed by atoms with Crippen LogP contribution in [0.25, 0.3) is 0 Å². The molecule has 0 saturated heterocycles. The third-order valence-electron chi connectivity index (χ3n) is 2.84. The smallest absolute Gasteiger partial charge is 0.251 e. The first-order valence-corrected chi connectivity index (χ1v) is 6.47. The number of aliphatic hydroxyl groups is 1. The zero-order chi connectivity index (χ0) is 13.6. The van der Waals surface area contributed by atoms with Crippen LogP contribution in [0.15, 0.2) is 30.3 Å². The fourth-order valence-electron chi connectivity index (χ4n) is 1.81. The summed E-state index contributed by atoms with van der Waals surface area (Å²) < 4.78 is 0. The van der Waals surface area contributed by atoms with Crippen molar-refractivity contribution in [2.75, 3.05) is 0 Å². The van der Waals surface area contributed by atoms with Crippen LogP contribution in [0.4, 0.5) is 0 Å². The summed E-state index contributed by atoms with van der Waals surface area (Å²) in [5, 5.41) is 12.6. The lowest BCUT2D eigenvalue weighted by Gasteiger charge is -2.19. The summed E-state index contributed by atoms with van der Waals surface area (Å²) in [6, 6.07) is 9.34. The van der Waals surface area contributed by atoms with Crippen molar-refractivity contribution in [3.63, 3.8) is 0 Å². The molecule has 2 N–H and O–H groups in total. The van der Waals surface area contributed by atoms with Gasteiger partial charge in [0.1, 0.15) is 0 Å². The molecule has 18 heavy (non-hydrogen) atoms. The highest BCUT2D eigenvalue weighted by Crippen LogP contribution is 2.13. The van der Waals surface area contributed by atoms with Crippen molar-refractivity contribution in [2.24, 2.45) is 0 Å². The van der Waals surface area contributed by atoms with E-state index in [1.165, 1.54) is 0 Å². The molecule has 0 heterocycles. The normalized spacial score (nSPS) is 13.1.